The van der Waals surface area contributed by atoms with E-state index in [-0.39, 0.29) is 24.8 Å². The van der Waals surface area contributed by atoms with Crippen molar-refractivity contribution in [2.24, 2.45) is 5.41 Å². The zero-order valence-electron chi connectivity index (χ0n) is 20.5. The Labute approximate surface area is 210 Å². The minimum atomic E-state index is -2.96. The van der Waals surface area contributed by atoms with Crippen molar-refractivity contribution in [1.29, 1.82) is 4.78 Å². The molecule has 4 heterocycles. The molecule has 0 aliphatic carbocycles. The van der Waals surface area contributed by atoms with Crippen LogP contribution in [0.3, 0.4) is 0 Å². The summed E-state index contributed by atoms with van der Waals surface area (Å²) < 4.78 is 53.6. The predicted molar refractivity (Wildman–Crippen MR) is 135 cm³/mol. The van der Waals surface area contributed by atoms with Crippen LogP contribution < -0.4 is 15.1 Å². The van der Waals surface area contributed by atoms with Gasteiger partial charge < -0.3 is 19.9 Å². The lowest BCUT2D eigenvalue weighted by molar-refractivity contribution is -0.127. The second-order valence-electron chi connectivity index (χ2n) is 10.3. The van der Waals surface area contributed by atoms with E-state index in [1.807, 2.05) is 6.92 Å². The second kappa shape index (κ2) is 8.95. The molecule has 1 aromatic carbocycles. The normalized spacial score (nSPS) is 22.2. The molecule has 3 aliphatic rings. The van der Waals surface area contributed by atoms with Crippen LogP contribution in [0.5, 0.6) is 0 Å². The number of halogens is 2. The number of amides is 1. The van der Waals surface area contributed by atoms with Gasteiger partial charge in [-0.05, 0) is 37.1 Å². The van der Waals surface area contributed by atoms with Gasteiger partial charge in [0.05, 0.1) is 45.8 Å². The van der Waals surface area contributed by atoms with Crippen LogP contribution in [0.2, 0.25) is 0 Å². The number of pyridine rings is 1. The molecule has 194 valence electrons. The van der Waals surface area contributed by atoms with Crippen molar-refractivity contribution in [3.63, 3.8) is 0 Å². The molecule has 2 N–H and O–H groups in total. The molecule has 0 saturated carbocycles. The van der Waals surface area contributed by atoms with E-state index in [0.29, 0.717) is 34.9 Å². The van der Waals surface area contributed by atoms with E-state index in [9.17, 15) is 17.8 Å². The van der Waals surface area contributed by atoms with Gasteiger partial charge in [0.15, 0.2) is 0 Å². The number of nitrogens with zero attached hydrogens (tertiary/aromatic N) is 3. The van der Waals surface area contributed by atoms with Crippen LogP contribution >= 0.6 is 0 Å². The third-order valence-corrected chi connectivity index (χ3v) is 8.44. The summed E-state index contributed by atoms with van der Waals surface area (Å²) in [5.41, 5.74) is 2.51. The number of anilines is 3. The first kappa shape index (κ1) is 24.9. The van der Waals surface area contributed by atoms with Crippen LogP contribution in [0.25, 0.3) is 0 Å². The molecule has 36 heavy (non-hydrogen) atoms. The van der Waals surface area contributed by atoms with Crippen LogP contribution in [-0.2, 0) is 14.5 Å². The van der Waals surface area contributed by atoms with Crippen molar-refractivity contribution in [3.05, 3.63) is 41.6 Å². The number of hydrogen-bond donors (Lipinski definition) is 2. The summed E-state index contributed by atoms with van der Waals surface area (Å²) in [6.45, 7) is 5.47. The Kier molecular flexibility index (Phi) is 6.19. The van der Waals surface area contributed by atoms with Gasteiger partial charge in [-0.15, -0.1) is 0 Å². The molecule has 0 unspecified atom stereocenters. The molecule has 1 spiro atoms. The van der Waals surface area contributed by atoms with E-state index in [2.05, 4.69) is 15.2 Å². The smallest absolute Gasteiger partial charge is 0.259 e. The molecule has 3 fully saturated rings. The maximum Gasteiger partial charge on any atom is 0.259 e. The number of rotatable bonds is 5. The van der Waals surface area contributed by atoms with E-state index in [1.54, 1.807) is 29.3 Å². The molecule has 1 atom stereocenters. The van der Waals surface area contributed by atoms with Gasteiger partial charge in [0, 0.05) is 55.9 Å². The molecule has 1 aromatic heterocycles. The van der Waals surface area contributed by atoms with E-state index >= 15 is 0 Å². The molecule has 5 rings (SSSR count). The number of ether oxygens (including phenoxy) is 1. The molecule has 8 nitrogen and oxygen atoms in total. The highest BCUT2D eigenvalue weighted by molar-refractivity contribution is 7.91. The van der Waals surface area contributed by atoms with Gasteiger partial charge >= 0.3 is 0 Å². The lowest BCUT2D eigenvalue weighted by Gasteiger charge is -2.56. The molecule has 0 radical (unpaired) electrons. The van der Waals surface area contributed by atoms with Crippen molar-refractivity contribution in [1.82, 2.24) is 4.98 Å². The average Bonchev–Trinajstić information content (AvgIpc) is 2.92. The number of hydrogen-bond acceptors (Lipinski definition) is 7. The maximum atomic E-state index is 14.1. The Balaban J connectivity index is 1.49. The zero-order valence-corrected chi connectivity index (χ0v) is 21.3. The summed E-state index contributed by atoms with van der Waals surface area (Å²) in [6, 6.07) is 6.43. The molecule has 3 saturated heterocycles. The van der Waals surface area contributed by atoms with Crippen molar-refractivity contribution in [2.45, 2.75) is 37.0 Å². The van der Waals surface area contributed by atoms with Crippen LogP contribution in [0, 0.1) is 17.1 Å². The minimum Gasteiger partial charge on any atom is -0.380 e. The first-order valence-electron chi connectivity index (χ1n) is 12.1. The molecule has 3 aliphatic heterocycles. The summed E-state index contributed by atoms with van der Waals surface area (Å²) in [6.07, 6.45) is 2.90. The third-order valence-electron chi connectivity index (χ3n) is 7.29. The van der Waals surface area contributed by atoms with E-state index in [1.165, 1.54) is 12.3 Å². The summed E-state index contributed by atoms with van der Waals surface area (Å²) in [5, 5.41) is 2.86. The van der Waals surface area contributed by atoms with E-state index in [4.69, 9.17) is 9.52 Å². The summed E-state index contributed by atoms with van der Waals surface area (Å²) in [5.74, 6) is -2.75. The first-order chi connectivity index (χ1) is 17.0. The minimum absolute atomic E-state index is 0.107. The number of nitrogens with one attached hydrogen (secondary N) is 2. The highest BCUT2D eigenvalue weighted by Crippen LogP contribution is 2.42. The molecular weight excluding hydrogens is 488 g/mol. The summed E-state index contributed by atoms with van der Waals surface area (Å²) >= 11 is 0. The van der Waals surface area contributed by atoms with Gasteiger partial charge in [0.1, 0.15) is 5.82 Å². The van der Waals surface area contributed by atoms with E-state index < -0.39 is 21.6 Å². The second-order valence-corrected chi connectivity index (χ2v) is 12.5. The van der Waals surface area contributed by atoms with Crippen LogP contribution in [0.15, 0.2) is 35.4 Å². The fraction of sp³-hybridized carbons (Fsp3) is 0.520. The number of benzene rings is 1. The fourth-order valence-corrected chi connectivity index (χ4v) is 5.89. The predicted octanol–water partition coefficient (Wildman–Crippen LogP) is 4.14. The highest BCUT2D eigenvalue weighted by Gasteiger charge is 2.49. The molecule has 2 aromatic rings. The Morgan fingerprint density at radius 2 is 1.94 bits per heavy atom. The van der Waals surface area contributed by atoms with Gasteiger partial charge in [0.2, 0.25) is 5.92 Å². The van der Waals surface area contributed by atoms with E-state index in [0.717, 1.165) is 37.6 Å². The average molecular weight is 520 g/mol. The van der Waals surface area contributed by atoms with Gasteiger partial charge in [-0.2, -0.15) is 0 Å². The van der Waals surface area contributed by atoms with Gasteiger partial charge in [-0.3, -0.25) is 4.79 Å². The summed E-state index contributed by atoms with van der Waals surface area (Å²) in [7, 11) is -2.96. The van der Waals surface area contributed by atoms with Crippen LogP contribution in [-0.4, -0.2) is 66.7 Å². The number of carbonyl (C=O) groups excluding carboxylic acids is 1. The van der Waals surface area contributed by atoms with Gasteiger partial charge in [-0.1, -0.05) is 6.07 Å². The first-order valence-corrected chi connectivity index (χ1v) is 14.0. The van der Waals surface area contributed by atoms with Crippen molar-refractivity contribution in [2.75, 3.05) is 60.8 Å². The SMILES string of the molecule is Cc1c(N2CC3(COC3)C2)cnc(N2CCCC(F)(F)CC2)c1C(=O)Nc1cccc([S@](C)(=N)=O)c1. The zero-order chi connectivity index (χ0) is 25.7. The number of aromatic nitrogens is 1. The van der Waals surface area contributed by atoms with Gasteiger partial charge in [0.25, 0.3) is 5.91 Å². The van der Waals surface area contributed by atoms with Crippen LogP contribution in [0.1, 0.15) is 35.2 Å². The monoisotopic (exact) mass is 519 g/mol. The van der Waals surface area contributed by atoms with Crippen LogP contribution in [0.4, 0.5) is 26.0 Å². The lowest BCUT2D eigenvalue weighted by Crippen LogP contribution is -2.66. The van der Waals surface area contributed by atoms with Crippen molar-refractivity contribution >= 4 is 32.8 Å². The van der Waals surface area contributed by atoms with Crippen molar-refractivity contribution < 1.29 is 22.5 Å². The number of carbonyl (C=O) groups is 1. The fourth-order valence-electron chi connectivity index (χ4n) is 5.20. The third kappa shape index (κ3) is 4.78. The molecule has 0 bridgehead atoms. The molecule has 11 heteroatoms. The quantitative estimate of drug-likeness (QED) is 0.616. The molecular formula is C25H31F2N5O3S. The largest absolute Gasteiger partial charge is 0.380 e. The topological polar surface area (TPSA) is 98.6 Å². The Morgan fingerprint density at radius 3 is 2.61 bits per heavy atom. The summed E-state index contributed by atoms with van der Waals surface area (Å²) in [4.78, 5) is 22.6. The Hall–Kier alpha value is -2.79. The Morgan fingerprint density at radius 1 is 1.19 bits per heavy atom. The number of alkyl halides is 2. The standard InChI is InChI=1S/C25H31F2N5O3S/c1-17-20(32-13-24(14-32)15-35-16-24)12-29-22(31-9-4-7-25(26,27)8-10-31)21(17)23(33)30-18-5-3-6-19(11-18)36(2,28)34/h3,5-6,11-12,28H,4,7-10,13-16H2,1-2H3,(H,30,33)/t36-/m1/s1. The highest BCUT2D eigenvalue weighted by atomic mass is 32.2. The Bertz CT molecular complexity index is 1290. The van der Waals surface area contributed by atoms with Gasteiger partial charge in [-0.25, -0.2) is 22.8 Å². The maximum absolute atomic E-state index is 14.1. The molecule has 1 amide bonds. The lowest BCUT2D eigenvalue weighted by atomic mass is 9.77. The van der Waals surface area contributed by atoms with Crippen molar-refractivity contribution in [3.8, 4) is 0 Å².